The molecule has 8 heteroatoms. The van der Waals surface area contributed by atoms with Crippen LogP contribution in [0.3, 0.4) is 0 Å². The van der Waals surface area contributed by atoms with E-state index in [2.05, 4.69) is 13.2 Å². The van der Waals surface area contributed by atoms with Gasteiger partial charge < -0.3 is 24.4 Å². The second-order valence-corrected chi connectivity index (χ2v) is 11.9. The number of fused-ring (bicyclic) bond motifs is 1. The molecular formula is C30H48N2O6. The van der Waals surface area contributed by atoms with Crippen LogP contribution in [0, 0.1) is 23.7 Å². The van der Waals surface area contributed by atoms with Crippen molar-refractivity contribution in [2.75, 3.05) is 19.8 Å². The Bertz CT molecular complexity index is 920. The Hall–Kier alpha value is -2.19. The minimum atomic E-state index is -1.16. The first-order valence-corrected chi connectivity index (χ1v) is 14.3. The van der Waals surface area contributed by atoms with Crippen molar-refractivity contribution in [3.05, 3.63) is 25.3 Å². The molecular weight excluding hydrogens is 484 g/mol. The summed E-state index contributed by atoms with van der Waals surface area (Å²) in [5.74, 6) is -2.75. The quantitative estimate of drug-likeness (QED) is 0.208. The van der Waals surface area contributed by atoms with Crippen molar-refractivity contribution in [2.24, 2.45) is 23.7 Å². The molecule has 8 nitrogen and oxygen atoms in total. The second-order valence-electron chi connectivity index (χ2n) is 11.9. The van der Waals surface area contributed by atoms with Crippen LogP contribution in [0.15, 0.2) is 25.3 Å². The van der Waals surface area contributed by atoms with Crippen molar-refractivity contribution < 1.29 is 29.0 Å². The molecule has 0 aliphatic carbocycles. The normalized spacial score (nSPS) is 33.3. The van der Waals surface area contributed by atoms with E-state index in [1.165, 1.54) is 0 Å². The number of aliphatic hydroxyl groups is 1. The number of nitrogens with zero attached hydrogens (tertiary/aromatic N) is 2. The fraction of sp³-hybridized carbons (Fsp3) is 0.767. The molecule has 3 fully saturated rings. The molecule has 8 atom stereocenters. The molecule has 214 valence electrons. The summed E-state index contributed by atoms with van der Waals surface area (Å²) >= 11 is 0. The van der Waals surface area contributed by atoms with Crippen molar-refractivity contribution in [3.63, 3.8) is 0 Å². The van der Waals surface area contributed by atoms with Gasteiger partial charge in [0, 0.05) is 12.6 Å². The second kappa shape index (κ2) is 11.9. The van der Waals surface area contributed by atoms with Gasteiger partial charge in [0.25, 0.3) is 0 Å². The highest BCUT2D eigenvalue weighted by Gasteiger charge is 2.81. The zero-order valence-corrected chi connectivity index (χ0v) is 24.2. The number of hydrogen-bond acceptors (Lipinski definition) is 6. The average molecular weight is 533 g/mol. The van der Waals surface area contributed by atoms with Crippen LogP contribution < -0.4 is 0 Å². The van der Waals surface area contributed by atoms with Crippen LogP contribution in [-0.4, -0.2) is 81.8 Å². The Kier molecular flexibility index (Phi) is 9.51. The smallest absolute Gasteiger partial charge is 0.312 e. The third-order valence-electron chi connectivity index (χ3n) is 9.36. The highest BCUT2D eigenvalue weighted by atomic mass is 16.6. The summed E-state index contributed by atoms with van der Waals surface area (Å²) in [5.41, 5.74) is -2.08. The Morgan fingerprint density at radius 2 is 1.95 bits per heavy atom. The predicted molar refractivity (Wildman–Crippen MR) is 146 cm³/mol. The maximum atomic E-state index is 14.4. The number of unbranched alkanes of at least 4 members (excludes halogenated alkanes) is 2. The van der Waals surface area contributed by atoms with Crippen molar-refractivity contribution in [1.29, 1.82) is 0 Å². The molecule has 2 bridgehead atoms. The number of carbonyl (C=O) groups is 3. The molecule has 3 aliphatic heterocycles. The first kappa shape index (κ1) is 30.4. The molecule has 1 spiro atoms. The Morgan fingerprint density at radius 3 is 2.50 bits per heavy atom. The lowest BCUT2D eigenvalue weighted by atomic mass is 9.62. The standard InChI is InChI=1S/C30H48N2O6/c1-9-12-13-14-16-37-28(36)24-23-26(34)32(22(18-33)20(6)11-3)25(27(35)31(15-10-2)19(4)5)30(23)17-21(7)29(24,8)38-30/h9-10,19-25,33H,1-2,11-18H2,3-8H3/t20-,21?,22-,23-,24-,25?,29+,30?/m0/s1. The van der Waals surface area contributed by atoms with Crippen LogP contribution in [0.5, 0.6) is 0 Å². The molecule has 3 saturated heterocycles. The SMILES string of the molecule is C=CCCCCOC(=O)[C@@H]1[C@H]2C(=O)N([C@@H](CO)[C@@H](C)CC)C(C(=O)N(CC=C)C(C)C)C23CC(C)[C@@]1(C)O3. The lowest BCUT2D eigenvalue weighted by molar-refractivity contribution is -0.164. The van der Waals surface area contributed by atoms with E-state index in [1.807, 2.05) is 47.6 Å². The number of likely N-dealkylation sites (tertiary alicyclic amines) is 1. The van der Waals surface area contributed by atoms with Crippen molar-refractivity contribution in [3.8, 4) is 0 Å². The summed E-state index contributed by atoms with van der Waals surface area (Å²) in [6.45, 7) is 19.6. The summed E-state index contributed by atoms with van der Waals surface area (Å²) in [6, 6.07) is -1.64. The first-order chi connectivity index (χ1) is 18.0. The van der Waals surface area contributed by atoms with E-state index < -0.39 is 41.1 Å². The van der Waals surface area contributed by atoms with Crippen LogP contribution in [0.1, 0.15) is 73.6 Å². The van der Waals surface area contributed by atoms with Crippen molar-refractivity contribution in [2.45, 2.75) is 103 Å². The number of aliphatic hydroxyl groups excluding tert-OH is 1. The number of ether oxygens (including phenoxy) is 2. The largest absolute Gasteiger partial charge is 0.465 e. The van der Waals surface area contributed by atoms with Gasteiger partial charge in [-0.05, 0) is 58.3 Å². The van der Waals surface area contributed by atoms with Gasteiger partial charge in [-0.3, -0.25) is 14.4 Å². The van der Waals surface area contributed by atoms with E-state index in [0.717, 1.165) is 19.3 Å². The molecule has 2 amide bonds. The Labute approximate surface area is 228 Å². The van der Waals surface area contributed by atoms with E-state index in [-0.39, 0.29) is 42.9 Å². The molecule has 1 N–H and O–H groups in total. The zero-order valence-electron chi connectivity index (χ0n) is 24.2. The summed E-state index contributed by atoms with van der Waals surface area (Å²) in [6.07, 6.45) is 7.13. The molecule has 0 aromatic carbocycles. The van der Waals surface area contributed by atoms with Gasteiger partial charge in [-0.25, -0.2) is 0 Å². The molecule has 38 heavy (non-hydrogen) atoms. The van der Waals surface area contributed by atoms with E-state index >= 15 is 0 Å². The summed E-state index contributed by atoms with van der Waals surface area (Å²) in [5, 5.41) is 10.5. The highest BCUT2D eigenvalue weighted by molar-refractivity contribution is 5.99. The van der Waals surface area contributed by atoms with E-state index in [4.69, 9.17) is 9.47 Å². The Morgan fingerprint density at radius 1 is 1.26 bits per heavy atom. The number of amides is 2. The van der Waals surface area contributed by atoms with E-state index in [0.29, 0.717) is 19.4 Å². The van der Waals surface area contributed by atoms with Crippen molar-refractivity contribution >= 4 is 17.8 Å². The number of rotatable bonds is 14. The van der Waals surface area contributed by atoms with Gasteiger partial charge in [0.05, 0.1) is 30.8 Å². The molecule has 0 aromatic rings. The van der Waals surface area contributed by atoms with E-state index in [1.54, 1.807) is 15.9 Å². The number of allylic oxidation sites excluding steroid dienone is 1. The highest BCUT2D eigenvalue weighted by Crippen LogP contribution is 2.66. The topological polar surface area (TPSA) is 96.4 Å². The van der Waals surface area contributed by atoms with Gasteiger partial charge in [0.15, 0.2) is 0 Å². The Balaban J connectivity index is 2.08. The lowest BCUT2D eigenvalue weighted by Crippen LogP contribution is -2.60. The van der Waals surface area contributed by atoms with Gasteiger partial charge in [0.2, 0.25) is 11.8 Å². The number of carbonyl (C=O) groups excluding carboxylic acids is 3. The van der Waals surface area contributed by atoms with Crippen molar-refractivity contribution in [1.82, 2.24) is 9.80 Å². The van der Waals surface area contributed by atoms with Crippen LogP contribution >= 0.6 is 0 Å². The molecule has 3 aliphatic rings. The van der Waals surface area contributed by atoms with Crippen LogP contribution in [0.4, 0.5) is 0 Å². The van der Waals surface area contributed by atoms with E-state index in [9.17, 15) is 19.5 Å². The molecule has 0 aromatic heterocycles. The monoisotopic (exact) mass is 532 g/mol. The predicted octanol–water partition coefficient (Wildman–Crippen LogP) is 3.73. The van der Waals surface area contributed by atoms with Gasteiger partial charge >= 0.3 is 5.97 Å². The fourth-order valence-corrected chi connectivity index (χ4v) is 6.99. The third-order valence-corrected chi connectivity index (χ3v) is 9.36. The first-order valence-electron chi connectivity index (χ1n) is 14.3. The fourth-order valence-electron chi connectivity index (χ4n) is 6.99. The zero-order chi connectivity index (χ0) is 28.4. The average Bonchev–Trinajstić information content (AvgIpc) is 3.39. The minimum Gasteiger partial charge on any atom is -0.465 e. The minimum absolute atomic E-state index is 0.0538. The number of hydrogen-bond donors (Lipinski definition) is 1. The third kappa shape index (κ3) is 4.83. The van der Waals surface area contributed by atoms with Gasteiger partial charge in [0.1, 0.15) is 17.6 Å². The number of esters is 1. The summed E-state index contributed by atoms with van der Waals surface area (Å²) in [7, 11) is 0. The maximum Gasteiger partial charge on any atom is 0.312 e. The van der Waals surface area contributed by atoms with Gasteiger partial charge in [-0.2, -0.15) is 0 Å². The van der Waals surface area contributed by atoms with Crippen LogP contribution in [0.25, 0.3) is 0 Å². The lowest BCUT2D eigenvalue weighted by Gasteiger charge is -2.42. The van der Waals surface area contributed by atoms with Gasteiger partial charge in [-0.15, -0.1) is 13.2 Å². The molecule has 0 radical (unpaired) electrons. The van der Waals surface area contributed by atoms with Crippen LogP contribution in [0.2, 0.25) is 0 Å². The molecule has 3 rings (SSSR count). The summed E-state index contributed by atoms with van der Waals surface area (Å²) < 4.78 is 12.5. The van der Waals surface area contributed by atoms with Gasteiger partial charge in [-0.1, -0.05) is 39.3 Å². The summed E-state index contributed by atoms with van der Waals surface area (Å²) in [4.78, 5) is 45.6. The molecule has 0 saturated carbocycles. The maximum absolute atomic E-state index is 14.4. The molecule has 3 unspecified atom stereocenters. The van der Waals surface area contributed by atoms with Crippen LogP contribution in [-0.2, 0) is 23.9 Å². The molecule has 3 heterocycles.